The first-order valence-corrected chi connectivity index (χ1v) is 4.29. The van der Waals surface area contributed by atoms with Gasteiger partial charge in [0.15, 0.2) is 36.1 Å². The van der Waals surface area contributed by atoms with Crippen molar-refractivity contribution in [2.75, 3.05) is 0 Å². The maximum Gasteiger partial charge on any atom is 0.185 e. The molecule has 2 rings (SSSR count). The Morgan fingerprint density at radius 3 is 1.62 bits per heavy atom. The van der Waals surface area contributed by atoms with Gasteiger partial charge in [0.05, 0.1) is 6.26 Å². The van der Waals surface area contributed by atoms with Crippen LogP contribution in [0.5, 0.6) is 0 Å². The van der Waals surface area contributed by atoms with Crippen LogP contribution in [0.25, 0.3) is 0 Å². The van der Waals surface area contributed by atoms with Crippen molar-refractivity contribution in [1.29, 1.82) is 0 Å². The monoisotopic (exact) mass is 220 g/mol. The third-order valence-electron chi connectivity index (χ3n) is 1.54. The molecule has 2 aromatic heterocycles. The summed E-state index contributed by atoms with van der Waals surface area (Å²) in [6, 6.07) is 6.16. The lowest BCUT2D eigenvalue weighted by Crippen LogP contribution is -1.70. The van der Waals surface area contributed by atoms with E-state index in [0.717, 1.165) is 0 Å². The molecule has 5 nitrogen and oxygen atoms in total. The van der Waals surface area contributed by atoms with Gasteiger partial charge in [-0.2, -0.15) is 0 Å². The van der Waals surface area contributed by atoms with Gasteiger partial charge < -0.3 is 8.83 Å². The summed E-state index contributed by atoms with van der Waals surface area (Å²) in [7, 11) is 0. The lowest BCUT2D eigenvalue weighted by molar-refractivity contribution is 0.107. The van der Waals surface area contributed by atoms with Gasteiger partial charge in [0, 0.05) is 0 Å². The van der Waals surface area contributed by atoms with Crippen LogP contribution in [0.4, 0.5) is 0 Å². The summed E-state index contributed by atoms with van der Waals surface area (Å²) in [5.74, 6) is 0.731. The quantitative estimate of drug-likeness (QED) is 0.739. The second-order valence-electron chi connectivity index (χ2n) is 2.61. The van der Waals surface area contributed by atoms with Gasteiger partial charge in [-0.15, -0.1) is 0 Å². The number of hydrogen-bond donors (Lipinski definition) is 0. The zero-order valence-electron chi connectivity index (χ0n) is 8.16. The van der Waals surface area contributed by atoms with Crippen LogP contribution in [-0.2, 0) is 0 Å². The summed E-state index contributed by atoms with van der Waals surface area (Å²) in [5, 5.41) is 0. The topological polar surface area (TPSA) is 77.5 Å². The van der Waals surface area contributed by atoms with E-state index in [2.05, 4.69) is 8.83 Å². The van der Waals surface area contributed by atoms with Crippen molar-refractivity contribution in [3.63, 3.8) is 0 Å². The van der Waals surface area contributed by atoms with Crippen molar-refractivity contribution in [2.45, 2.75) is 0 Å². The molecule has 2 heterocycles. The van der Waals surface area contributed by atoms with Crippen LogP contribution < -0.4 is 0 Å². The molecule has 2 aromatic rings. The average molecular weight is 220 g/mol. The Balaban J connectivity index is 0.000000165. The second kappa shape index (κ2) is 6.13. The number of aldehydes is 3. The minimum atomic E-state index is 0.178. The molecule has 0 radical (unpaired) electrons. The fraction of sp³-hybridized carbons (Fsp3) is 0. The molecule has 0 unspecified atom stereocenters. The van der Waals surface area contributed by atoms with Gasteiger partial charge in [-0.05, 0) is 24.3 Å². The fourth-order valence-corrected chi connectivity index (χ4v) is 0.853. The zero-order valence-corrected chi connectivity index (χ0v) is 8.16. The van der Waals surface area contributed by atoms with Crippen LogP contribution in [-0.4, -0.2) is 18.9 Å². The molecule has 0 saturated carbocycles. The molecule has 0 aliphatic rings. The van der Waals surface area contributed by atoms with E-state index in [1.165, 1.54) is 18.4 Å². The molecule has 0 aliphatic carbocycles. The van der Waals surface area contributed by atoms with E-state index in [-0.39, 0.29) is 11.5 Å². The lowest BCUT2D eigenvalue weighted by Gasteiger charge is -1.75. The van der Waals surface area contributed by atoms with Gasteiger partial charge in [-0.3, -0.25) is 14.4 Å². The summed E-state index contributed by atoms with van der Waals surface area (Å²) in [5.41, 5.74) is 0. The Kier molecular flexibility index (Phi) is 4.46. The minimum Gasteiger partial charge on any atom is -0.462 e. The molecule has 0 amide bonds. The highest BCUT2D eigenvalue weighted by Crippen LogP contribution is 2.01. The Labute approximate surface area is 90.7 Å². The summed E-state index contributed by atoms with van der Waals surface area (Å²) in [6.45, 7) is 0. The summed E-state index contributed by atoms with van der Waals surface area (Å²) >= 11 is 0. The van der Waals surface area contributed by atoms with Gasteiger partial charge >= 0.3 is 0 Å². The molecular weight excluding hydrogens is 212 g/mol. The predicted molar refractivity (Wildman–Crippen MR) is 53.6 cm³/mol. The number of hydrogen-bond acceptors (Lipinski definition) is 5. The molecule has 0 bridgehead atoms. The highest BCUT2D eigenvalue weighted by molar-refractivity contribution is 5.75. The van der Waals surface area contributed by atoms with E-state index in [0.29, 0.717) is 24.6 Å². The highest BCUT2D eigenvalue weighted by atomic mass is 16.4. The molecule has 0 fully saturated rings. The van der Waals surface area contributed by atoms with E-state index >= 15 is 0 Å². The van der Waals surface area contributed by atoms with E-state index in [1.54, 1.807) is 12.1 Å². The first kappa shape index (κ1) is 11.6. The van der Waals surface area contributed by atoms with Crippen molar-refractivity contribution in [1.82, 2.24) is 0 Å². The van der Waals surface area contributed by atoms with Crippen molar-refractivity contribution in [3.05, 3.63) is 47.8 Å². The molecule has 82 valence electrons. The molecule has 5 heteroatoms. The van der Waals surface area contributed by atoms with Crippen molar-refractivity contribution in [3.8, 4) is 0 Å². The van der Waals surface area contributed by atoms with Crippen LogP contribution in [0.3, 0.4) is 0 Å². The smallest absolute Gasteiger partial charge is 0.185 e. The third kappa shape index (κ3) is 3.38. The number of rotatable bonds is 3. The number of furan rings is 2. The van der Waals surface area contributed by atoms with Crippen LogP contribution in [0, 0.1) is 0 Å². The van der Waals surface area contributed by atoms with E-state index in [9.17, 15) is 14.4 Å². The summed E-state index contributed by atoms with van der Waals surface area (Å²) < 4.78 is 9.26. The van der Waals surface area contributed by atoms with E-state index in [4.69, 9.17) is 0 Å². The van der Waals surface area contributed by atoms with Gasteiger partial charge in [0.25, 0.3) is 0 Å². The van der Waals surface area contributed by atoms with Crippen LogP contribution in [0.1, 0.15) is 31.7 Å². The molecule has 0 N–H and O–H groups in total. The fourth-order valence-electron chi connectivity index (χ4n) is 0.853. The number of carbonyl (C=O) groups excluding carboxylic acids is 3. The Morgan fingerprint density at radius 1 is 0.812 bits per heavy atom. The zero-order chi connectivity index (χ0) is 11.8. The van der Waals surface area contributed by atoms with Crippen LogP contribution in [0.15, 0.2) is 39.4 Å². The third-order valence-corrected chi connectivity index (χ3v) is 1.54. The van der Waals surface area contributed by atoms with Crippen LogP contribution in [0.2, 0.25) is 0 Å². The number of carbonyl (C=O) groups is 3. The Morgan fingerprint density at radius 2 is 1.38 bits per heavy atom. The van der Waals surface area contributed by atoms with Crippen molar-refractivity contribution >= 4 is 18.9 Å². The van der Waals surface area contributed by atoms with E-state index in [1.807, 2.05) is 0 Å². The first-order valence-electron chi connectivity index (χ1n) is 4.29. The summed E-state index contributed by atoms with van der Waals surface area (Å²) in [6.07, 6.45) is 3.23. The molecule has 16 heavy (non-hydrogen) atoms. The Hall–Kier alpha value is -2.43. The van der Waals surface area contributed by atoms with Crippen molar-refractivity contribution < 1.29 is 23.2 Å². The maximum atomic E-state index is 9.93. The standard InChI is InChI=1S/C6H4O3.C5H4O2/c7-3-5-1-2-6(4-8)9-5;6-4-5-2-1-3-7-5/h1-4H;1-4H. The van der Waals surface area contributed by atoms with Crippen LogP contribution >= 0.6 is 0 Å². The molecule has 0 spiro atoms. The van der Waals surface area contributed by atoms with Gasteiger partial charge in [0.1, 0.15) is 0 Å². The molecule has 0 atom stereocenters. The predicted octanol–water partition coefficient (Wildman–Crippen LogP) is 2.00. The van der Waals surface area contributed by atoms with E-state index < -0.39 is 0 Å². The second-order valence-corrected chi connectivity index (χ2v) is 2.61. The first-order chi connectivity index (χ1) is 7.80. The van der Waals surface area contributed by atoms with Gasteiger partial charge in [0.2, 0.25) is 0 Å². The maximum absolute atomic E-state index is 9.93. The Bertz CT molecular complexity index is 430. The van der Waals surface area contributed by atoms with Crippen molar-refractivity contribution in [2.24, 2.45) is 0 Å². The lowest BCUT2D eigenvalue weighted by atomic mass is 10.4. The SMILES string of the molecule is O=Cc1ccc(C=O)o1.O=Cc1ccco1. The van der Waals surface area contributed by atoms with Gasteiger partial charge in [-0.1, -0.05) is 0 Å². The highest BCUT2D eigenvalue weighted by Gasteiger charge is 1.96. The molecular formula is C11H8O5. The minimum absolute atomic E-state index is 0.178. The normalized spacial score (nSPS) is 8.75. The summed E-state index contributed by atoms with van der Waals surface area (Å²) in [4.78, 5) is 29.6. The largest absolute Gasteiger partial charge is 0.462 e. The molecule has 0 aliphatic heterocycles. The molecule has 0 saturated heterocycles. The molecule has 0 aromatic carbocycles. The van der Waals surface area contributed by atoms with Gasteiger partial charge in [-0.25, -0.2) is 0 Å². The average Bonchev–Trinajstić information content (AvgIpc) is 3.00.